The number of hydrogen-bond acceptors (Lipinski definition) is 5. The molecular weight excluding hydrogens is 526 g/mol. The Morgan fingerprint density at radius 1 is 1.26 bits per heavy atom. The van der Waals surface area contributed by atoms with E-state index in [9.17, 15) is 30.8 Å². The van der Waals surface area contributed by atoms with Crippen LogP contribution in [-0.2, 0) is 14.8 Å². The number of benzene rings is 2. The van der Waals surface area contributed by atoms with Crippen molar-refractivity contribution in [2.45, 2.75) is 37.1 Å². The highest BCUT2D eigenvalue weighted by Crippen LogP contribution is 2.28. The Morgan fingerprint density at radius 2 is 1.92 bits per heavy atom. The second kappa shape index (κ2) is 11.5. The van der Waals surface area contributed by atoms with Crippen molar-refractivity contribution >= 4 is 15.9 Å². The Balaban J connectivity index is 1.80. The van der Waals surface area contributed by atoms with Gasteiger partial charge >= 0.3 is 12.1 Å². The van der Waals surface area contributed by atoms with E-state index in [1.807, 2.05) is 14.0 Å². The zero-order chi connectivity index (χ0) is 28.3. The Kier molecular flexibility index (Phi) is 9.02. The van der Waals surface area contributed by atoms with Gasteiger partial charge in [0.2, 0.25) is 10.0 Å². The van der Waals surface area contributed by atoms with Gasteiger partial charge in [-0.3, -0.25) is 9.38 Å². The number of halogens is 4. The Morgan fingerprint density at radius 3 is 2.47 bits per heavy atom. The van der Waals surface area contributed by atoms with Crippen LogP contribution in [0.3, 0.4) is 0 Å². The van der Waals surface area contributed by atoms with E-state index in [2.05, 4.69) is 11.5 Å². The van der Waals surface area contributed by atoms with Crippen molar-refractivity contribution in [1.82, 2.24) is 9.62 Å². The van der Waals surface area contributed by atoms with Crippen LogP contribution in [0.2, 0.25) is 0 Å². The van der Waals surface area contributed by atoms with Gasteiger partial charge in [-0.05, 0) is 55.3 Å². The number of carbonyl (C=O) groups is 1. The largest absolute Gasteiger partial charge is 0.484 e. The van der Waals surface area contributed by atoms with Crippen LogP contribution in [0.1, 0.15) is 24.2 Å². The summed E-state index contributed by atoms with van der Waals surface area (Å²) in [6, 6.07) is 9.72. The second-order valence-corrected chi connectivity index (χ2v) is 11.4. The maximum absolute atomic E-state index is 14.4. The van der Waals surface area contributed by atoms with E-state index >= 15 is 0 Å². The first-order valence-corrected chi connectivity index (χ1v) is 13.5. The van der Waals surface area contributed by atoms with Crippen molar-refractivity contribution in [1.29, 1.82) is 0 Å². The van der Waals surface area contributed by atoms with Gasteiger partial charge in [-0.25, -0.2) is 22.3 Å². The number of carbonyl (C=O) groups excluding carboxylic acids is 1. The fourth-order valence-corrected chi connectivity index (χ4v) is 5.31. The molecule has 3 rings (SSSR count). The molecule has 1 N–H and O–H groups in total. The molecule has 3 atom stereocenters. The van der Waals surface area contributed by atoms with Gasteiger partial charge in [0.1, 0.15) is 30.3 Å². The number of ether oxygens (including phenoxy) is 1. The van der Waals surface area contributed by atoms with E-state index in [1.165, 1.54) is 29.0 Å². The summed E-state index contributed by atoms with van der Waals surface area (Å²) in [5.41, 5.74) is 1.03. The molecular formula is C26H32F4N3O4S+. The number of amides is 1. The highest BCUT2D eigenvalue weighted by Gasteiger charge is 2.41. The molecule has 0 spiro atoms. The van der Waals surface area contributed by atoms with E-state index in [0.717, 1.165) is 12.1 Å². The number of piperazine rings is 1. The monoisotopic (exact) mass is 558 g/mol. The summed E-state index contributed by atoms with van der Waals surface area (Å²) in [5, 5.41) is 0. The topological polar surface area (TPSA) is 75.7 Å². The minimum absolute atomic E-state index is 0.0293. The molecule has 1 aliphatic rings. The van der Waals surface area contributed by atoms with Crippen molar-refractivity contribution in [3.8, 4) is 5.75 Å². The number of rotatable bonds is 9. The normalized spacial score (nSPS) is 21.6. The Bertz CT molecular complexity index is 1270. The lowest BCUT2D eigenvalue weighted by Gasteiger charge is -2.45. The summed E-state index contributed by atoms with van der Waals surface area (Å²) in [6.45, 7) is 7.61. The molecule has 1 heterocycles. The molecule has 2 aromatic carbocycles. The van der Waals surface area contributed by atoms with Crippen LogP contribution >= 0.6 is 0 Å². The number of nitrogens with zero attached hydrogens (tertiary/aromatic N) is 2. The highest BCUT2D eigenvalue weighted by molar-refractivity contribution is 7.89. The molecule has 0 aromatic heterocycles. The van der Waals surface area contributed by atoms with Crippen LogP contribution in [0.4, 0.5) is 17.6 Å². The molecule has 38 heavy (non-hydrogen) atoms. The van der Waals surface area contributed by atoms with Crippen LogP contribution in [0.25, 0.3) is 0 Å². The Hall–Kier alpha value is -2.80. The zero-order valence-electron chi connectivity index (χ0n) is 21.5. The third-order valence-electron chi connectivity index (χ3n) is 6.92. The fraction of sp³-hybridized carbons (Fsp3) is 0.423. The summed E-state index contributed by atoms with van der Waals surface area (Å²) in [7, 11) is -2.50. The number of likely N-dealkylation sites (N-methyl/N-ethyl adjacent to an activating group) is 1. The van der Waals surface area contributed by atoms with Crippen LogP contribution in [0, 0.1) is 12.7 Å². The molecule has 0 radical (unpaired) electrons. The summed E-state index contributed by atoms with van der Waals surface area (Å²) >= 11 is 0. The van der Waals surface area contributed by atoms with Crippen molar-refractivity contribution in [3.05, 3.63) is 72.1 Å². The van der Waals surface area contributed by atoms with Gasteiger partial charge in [-0.15, -0.1) is 0 Å². The third-order valence-corrected chi connectivity index (χ3v) is 8.34. The quantitative estimate of drug-likeness (QED) is 0.287. The molecule has 1 fully saturated rings. The smallest absolute Gasteiger partial charge is 0.402 e. The lowest BCUT2D eigenvalue weighted by atomic mass is 10.0. The van der Waals surface area contributed by atoms with Gasteiger partial charge in [0.15, 0.2) is 0 Å². The lowest BCUT2D eigenvalue weighted by Crippen LogP contribution is -2.65. The number of sulfonamides is 1. The standard InChI is InChI=1S/C26H32F4N3O4S/c1-5-25(34)33(4)13-12-32(15-19(33)3)16-24(20-7-6-18(2)23(27)14-20)37-21-8-10-22(11-9-21)38(35,36)31-17-26(28,29)30/h5-11,14,19,24,31H,1,12-13,15-17H2,2-4H3/q+1/t19-,24+,33?/m1/s1. The van der Waals surface area contributed by atoms with Gasteiger partial charge in [0, 0.05) is 19.2 Å². The molecule has 0 aliphatic carbocycles. The lowest BCUT2D eigenvalue weighted by molar-refractivity contribution is -0.861. The van der Waals surface area contributed by atoms with Crippen molar-refractivity contribution in [2.24, 2.45) is 0 Å². The molecule has 12 heteroatoms. The number of alkyl halides is 3. The zero-order valence-corrected chi connectivity index (χ0v) is 22.3. The molecule has 1 saturated heterocycles. The molecule has 1 unspecified atom stereocenters. The first kappa shape index (κ1) is 29.8. The summed E-state index contributed by atoms with van der Waals surface area (Å²) in [5.74, 6) is -0.204. The molecule has 7 nitrogen and oxygen atoms in total. The van der Waals surface area contributed by atoms with Gasteiger partial charge in [0.25, 0.3) is 0 Å². The van der Waals surface area contributed by atoms with Crippen LogP contribution in [-0.4, -0.2) is 75.7 Å². The minimum atomic E-state index is -4.69. The fourth-order valence-electron chi connectivity index (χ4n) is 4.29. The van der Waals surface area contributed by atoms with E-state index in [-0.39, 0.29) is 27.1 Å². The molecule has 1 amide bonds. The first-order chi connectivity index (χ1) is 17.6. The number of hydrogen-bond donors (Lipinski definition) is 1. The van der Waals surface area contributed by atoms with E-state index < -0.39 is 34.7 Å². The van der Waals surface area contributed by atoms with Crippen molar-refractivity contribution in [3.63, 3.8) is 0 Å². The van der Waals surface area contributed by atoms with Crippen LogP contribution in [0.15, 0.2) is 60.0 Å². The first-order valence-electron chi connectivity index (χ1n) is 12.0. The highest BCUT2D eigenvalue weighted by atomic mass is 32.2. The van der Waals surface area contributed by atoms with Gasteiger partial charge in [0.05, 0.1) is 25.0 Å². The van der Waals surface area contributed by atoms with Gasteiger partial charge in [-0.2, -0.15) is 13.2 Å². The summed E-state index contributed by atoms with van der Waals surface area (Å²) < 4.78 is 84.0. The minimum Gasteiger partial charge on any atom is -0.484 e. The molecule has 1 aliphatic heterocycles. The van der Waals surface area contributed by atoms with Crippen LogP contribution in [0.5, 0.6) is 5.75 Å². The predicted octanol–water partition coefficient (Wildman–Crippen LogP) is 3.96. The molecule has 0 saturated carbocycles. The summed E-state index contributed by atoms with van der Waals surface area (Å²) in [6.07, 6.45) is -4.00. The van der Waals surface area contributed by atoms with E-state index in [1.54, 1.807) is 19.1 Å². The average Bonchev–Trinajstić information content (AvgIpc) is 2.86. The second-order valence-electron chi connectivity index (χ2n) is 9.67. The predicted molar refractivity (Wildman–Crippen MR) is 134 cm³/mol. The SMILES string of the molecule is C=CC(=O)[N+]1(C)CCN(C[C@H](Oc2ccc(S(=O)(=O)NCC(F)(F)F)cc2)c2ccc(C)c(F)c2)C[C@H]1C. The van der Waals surface area contributed by atoms with Crippen molar-refractivity contribution < 1.29 is 40.0 Å². The summed E-state index contributed by atoms with van der Waals surface area (Å²) in [4.78, 5) is 14.2. The number of quaternary nitrogens is 1. The van der Waals surface area contributed by atoms with Crippen molar-refractivity contribution in [2.75, 3.05) is 39.8 Å². The maximum atomic E-state index is 14.4. The maximum Gasteiger partial charge on any atom is 0.402 e. The average molecular weight is 559 g/mol. The van der Waals surface area contributed by atoms with Gasteiger partial charge < -0.3 is 4.74 Å². The molecule has 208 valence electrons. The number of aryl methyl sites for hydroxylation is 1. The Labute approximate surface area is 220 Å². The molecule has 2 aromatic rings. The van der Waals surface area contributed by atoms with Gasteiger partial charge in [-0.1, -0.05) is 18.7 Å². The molecule has 0 bridgehead atoms. The number of nitrogens with one attached hydrogen (secondary N) is 1. The van der Waals surface area contributed by atoms with E-state index in [0.29, 0.717) is 37.3 Å². The van der Waals surface area contributed by atoms with Crippen LogP contribution < -0.4 is 9.46 Å². The van der Waals surface area contributed by atoms with E-state index in [4.69, 9.17) is 4.74 Å². The third kappa shape index (κ3) is 7.19.